The van der Waals surface area contributed by atoms with Crippen molar-refractivity contribution in [2.75, 3.05) is 6.54 Å². The van der Waals surface area contributed by atoms with E-state index in [0.29, 0.717) is 6.54 Å². The minimum absolute atomic E-state index is 0.245. The minimum atomic E-state index is -0.245. The van der Waals surface area contributed by atoms with Crippen molar-refractivity contribution >= 4 is 27.5 Å². The molecule has 0 radical (unpaired) electrons. The quantitative estimate of drug-likeness (QED) is 0.876. The topological polar surface area (TPSA) is 76.2 Å². The Labute approximate surface area is 115 Å². The normalized spacial score (nSPS) is 16.8. The lowest BCUT2D eigenvalue weighted by Gasteiger charge is -2.18. The van der Waals surface area contributed by atoms with Crippen molar-refractivity contribution < 1.29 is 0 Å². The summed E-state index contributed by atoms with van der Waals surface area (Å²) in [5.41, 5.74) is 9.13. The number of thiazole rings is 1. The molecule has 3 N–H and O–H groups in total. The van der Waals surface area contributed by atoms with E-state index in [1.807, 2.05) is 32.1 Å². The number of hydrogen-bond acceptors (Lipinski definition) is 6. The van der Waals surface area contributed by atoms with E-state index >= 15 is 0 Å². The number of amidine groups is 1. The van der Waals surface area contributed by atoms with Crippen molar-refractivity contribution in [1.82, 2.24) is 15.3 Å². The fraction of sp³-hybridized carbons (Fsp3) is 0.308. The molecule has 0 spiro atoms. The van der Waals surface area contributed by atoms with Gasteiger partial charge in [0.15, 0.2) is 0 Å². The second kappa shape index (κ2) is 4.71. The second-order valence-corrected chi connectivity index (χ2v) is 5.53. The number of aryl methyl sites for hydroxylation is 1. The molecule has 0 aromatic carbocycles. The van der Waals surface area contributed by atoms with E-state index in [0.717, 1.165) is 32.6 Å². The number of nitrogens with two attached hydrogens (primary N) is 1. The van der Waals surface area contributed by atoms with E-state index in [1.165, 1.54) is 0 Å². The molecule has 5 nitrogen and oxygen atoms in total. The first-order valence-corrected chi connectivity index (χ1v) is 6.93. The molecular formula is C13H15N5S. The zero-order valence-corrected chi connectivity index (χ0v) is 11.7. The van der Waals surface area contributed by atoms with Crippen LogP contribution in [0.1, 0.15) is 23.7 Å². The van der Waals surface area contributed by atoms with Gasteiger partial charge in [-0.2, -0.15) is 0 Å². The predicted octanol–water partition coefficient (Wildman–Crippen LogP) is 1.91. The molecule has 0 saturated heterocycles. The van der Waals surface area contributed by atoms with Crippen molar-refractivity contribution in [3.05, 3.63) is 34.6 Å². The lowest BCUT2D eigenvalue weighted by Crippen LogP contribution is -2.30. The van der Waals surface area contributed by atoms with Gasteiger partial charge in [0.2, 0.25) is 0 Å². The van der Waals surface area contributed by atoms with Gasteiger partial charge in [-0.1, -0.05) is 11.3 Å². The van der Waals surface area contributed by atoms with E-state index in [4.69, 9.17) is 5.73 Å². The molecule has 0 amide bonds. The summed E-state index contributed by atoms with van der Waals surface area (Å²) in [5.74, 6) is 0.892. The molecule has 3 rings (SSSR count). The van der Waals surface area contributed by atoms with Gasteiger partial charge in [-0.05, 0) is 32.1 Å². The van der Waals surface area contributed by atoms with Crippen LogP contribution in [-0.2, 0) is 0 Å². The van der Waals surface area contributed by atoms with Crippen LogP contribution in [0.3, 0.4) is 0 Å². The fourth-order valence-electron chi connectivity index (χ4n) is 1.98. The Morgan fingerprint density at radius 1 is 1.32 bits per heavy atom. The Balaban J connectivity index is 1.93. The predicted molar refractivity (Wildman–Crippen MR) is 78.3 cm³/mol. The lowest BCUT2D eigenvalue weighted by atomic mass is 10.2. The Hall–Kier alpha value is -1.79. The van der Waals surface area contributed by atoms with Crippen LogP contribution in [0.5, 0.6) is 0 Å². The average Bonchev–Trinajstić information content (AvgIpc) is 2.80. The SMILES string of the molecule is CC1=NCC=C(C(N)c2nc3ccc(C)nc3s2)N1. The number of nitrogens with zero attached hydrogens (tertiary/aromatic N) is 3. The molecule has 3 heterocycles. The van der Waals surface area contributed by atoms with E-state index in [1.54, 1.807) is 11.3 Å². The van der Waals surface area contributed by atoms with Crippen molar-refractivity contribution in [2.24, 2.45) is 10.7 Å². The summed E-state index contributed by atoms with van der Waals surface area (Å²) >= 11 is 1.55. The van der Waals surface area contributed by atoms with Crippen molar-refractivity contribution in [2.45, 2.75) is 19.9 Å². The fourth-order valence-corrected chi connectivity index (χ4v) is 2.98. The third kappa shape index (κ3) is 2.36. The lowest BCUT2D eigenvalue weighted by molar-refractivity contribution is 0.771. The van der Waals surface area contributed by atoms with Crippen LogP contribution in [0.15, 0.2) is 28.9 Å². The highest BCUT2D eigenvalue weighted by molar-refractivity contribution is 7.18. The van der Waals surface area contributed by atoms with Gasteiger partial charge in [-0.25, -0.2) is 9.97 Å². The zero-order chi connectivity index (χ0) is 13.4. The summed E-state index contributed by atoms with van der Waals surface area (Å²) in [4.78, 5) is 14.2. The van der Waals surface area contributed by atoms with Crippen LogP contribution >= 0.6 is 11.3 Å². The highest BCUT2D eigenvalue weighted by Crippen LogP contribution is 2.27. The van der Waals surface area contributed by atoms with Gasteiger partial charge in [0.1, 0.15) is 15.4 Å². The maximum Gasteiger partial charge on any atom is 0.143 e. The van der Waals surface area contributed by atoms with E-state index < -0.39 is 0 Å². The van der Waals surface area contributed by atoms with Crippen LogP contribution in [0.4, 0.5) is 0 Å². The smallest absolute Gasteiger partial charge is 0.143 e. The van der Waals surface area contributed by atoms with Gasteiger partial charge in [-0.3, -0.25) is 4.99 Å². The van der Waals surface area contributed by atoms with Crippen molar-refractivity contribution in [3.8, 4) is 0 Å². The summed E-state index contributed by atoms with van der Waals surface area (Å²) in [6.45, 7) is 4.58. The maximum atomic E-state index is 6.27. The van der Waals surface area contributed by atoms with Gasteiger partial charge in [-0.15, -0.1) is 0 Å². The van der Waals surface area contributed by atoms with Crippen molar-refractivity contribution in [3.63, 3.8) is 0 Å². The minimum Gasteiger partial charge on any atom is -0.346 e. The van der Waals surface area contributed by atoms with Crippen molar-refractivity contribution in [1.29, 1.82) is 0 Å². The standard InChI is InChI=1S/C13H15N5S/c1-7-3-4-10-12(16-7)19-13(18-10)11(14)9-5-6-15-8(2)17-9/h3-5,11H,6,14H2,1-2H3,(H,15,17). The number of aliphatic imine (C=N–C) groups is 1. The van der Waals surface area contributed by atoms with Crippen LogP contribution in [0.2, 0.25) is 0 Å². The molecule has 6 heteroatoms. The number of pyridine rings is 1. The Morgan fingerprint density at radius 3 is 2.95 bits per heavy atom. The van der Waals surface area contributed by atoms with E-state index in [9.17, 15) is 0 Å². The number of fused-ring (bicyclic) bond motifs is 1. The molecule has 1 atom stereocenters. The van der Waals surface area contributed by atoms with Crippen LogP contribution in [0.25, 0.3) is 10.3 Å². The zero-order valence-electron chi connectivity index (χ0n) is 10.8. The Bertz CT molecular complexity index is 685. The van der Waals surface area contributed by atoms with Gasteiger partial charge in [0.25, 0.3) is 0 Å². The molecule has 2 aromatic heterocycles. The second-order valence-electron chi connectivity index (χ2n) is 4.52. The molecule has 1 aliphatic rings. The first-order valence-electron chi connectivity index (χ1n) is 6.11. The molecule has 0 aliphatic carbocycles. The third-order valence-corrected chi connectivity index (χ3v) is 4.03. The number of nitrogens with one attached hydrogen (secondary N) is 1. The summed E-state index contributed by atoms with van der Waals surface area (Å²) in [7, 11) is 0. The average molecular weight is 273 g/mol. The van der Waals surface area contributed by atoms with E-state index in [-0.39, 0.29) is 6.04 Å². The summed E-state index contributed by atoms with van der Waals surface area (Å²) in [5, 5.41) is 4.08. The van der Waals surface area contributed by atoms with Crippen LogP contribution in [-0.4, -0.2) is 22.3 Å². The third-order valence-electron chi connectivity index (χ3n) is 2.98. The van der Waals surface area contributed by atoms with Gasteiger partial charge < -0.3 is 11.1 Å². The monoisotopic (exact) mass is 273 g/mol. The summed E-state index contributed by atoms with van der Waals surface area (Å²) < 4.78 is 0. The molecule has 2 aromatic rings. The van der Waals surface area contributed by atoms with Crippen LogP contribution in [0, 0.1) is 6.92 Å². The summed E-state index contributed by atoms with van der Waals surface area (Å²) in [6, 6.07) is 3.71. The first kappa shape index (κ1) is 12.3. The summed E-state index contributed by atoms with van der Waals surface area (Å²) in [6.07, 6.45) is 2.00. The molecule has 0 bridgehead atoms. The van der Waals surface area contributed by atoms with E-state index in [2.05, 4.69) is 20.3 Å². The number of hydrogen-bond donors (Lipinski definition) is 2. The Kier molecular flexibility index (Phi) is 3.04. The van der Waals surface area contributed by atoms with Crippen LogP contribution < -0.4 is 11.1 Å². The van der Waals surface area contributed by atoms with Gasteiger partial charge in [0, 0.05) is 11.4 Å². The molecule has 1 aliphatic heterocycles. The number of aromatic nitrogens is 2. The molecular weight excluding hydrogens is 258 g/mol. The molecule has 0 fully saturated rings. The first-order chi connectivity index (χ1) is 9.13. The number of rotatable bonds is 2. The Morgan fingerprint density at radius 2 is 2.16 bits per heavy atom. The highest BCUT2D eigenvalue weighted by Gasteiger charge is 2.18. The van der Waals surface area contributed by atoms with Gasteiger partial charge >= 0.3 is 0 Å². The molecule has 19 heavy (non-hydrogen) atoms. The molecule has 0 saturated carbocycles. The largest absolute Gasteiger partial charge is 0.346 e. The highest BCUT2D eigenvalue weighted by atomic mass is 32.1. The molecule has 1 unspecified atom stereocenters. The van der Waals surface area contributed by atoms with Gasteiger partial charge in [0.05, 0.1) is 18.4 Å². The molecule has 98 valence electrons. The maximum absolute atomic E-state index is 6.27.